The van der Waals surface area contributed by atoms with Crippen LogP contribution in [0.5, 0.6) is 0 Å². The highest BCUT2D eigenvalue weighted by Crippen LogP contribution is 2.11. The van der Waals surface area contributed by atoms with Gasteiger partial charge in [-0.1, -0.05) is 0 Å². The second-order valence-electron chi connectivity index (χ2n) is 4.83. The van der Waals surface area contributed by atoms with Crippen LogP contribution in [0.1, 0.15) is 13.3 Å². The zero-order chi connectivity index (χ0) is 16.1. The highest BCUT2D eigenvalue weighted by atomic mass is 32.2. The quantitative estimate of drug-likeness (QED) is 0.533. The number of sulfonamides is 1. The van der Waals surface area contributed by atoms with Crippen molar-refractivity contribution in [3.63, 3.8) is 0 Å². The van der Waals surface area contributed by atoms with E-state index in [0.717, 1.165) is 17.1 Å². The molecule has 0 amide bonds. The zero-order valence-electron chi connectivity index (χ0n) is 11.8. The van der Waals surface area contributed by atoms with Crippen molar-refractivity contribution in [3.8, 4) is 0 Å². The molecule has 0 aliphatic carbocycles. The molecule has 21 heavy (non-hydrogen) atoms. The number of carboxylic acids is 1. The molecule has 1 rings (SSSR count). The van der Waals surface area contributed by atoms with Crippen LogP contribution in [0, 0.1) is 0 Å². The average molecular weight is 321 g/mol. The molecule has 1 unspecified atom stereocenters. The summed E-state index contributed by atoms with van der Waals surface area (Å²) in [4.78, 5) is 10.4. The first-order valence-corrected chi connectivity index (χ1v) is 7.60. The lowest BCUT2D eigenvalue weighted by atomic mass is 10.0. The summed E-state index contributed by atoms with van der Waals surface area (Å²) in [5.74, 6) is -1.13. The fourth-order valence-electron chi connectivity index (χ4n) is 1.45. The second kappa shape index (κ2) is 6.98. The van der Waals surface area contributed by atoms with Crippen LogP contribution in [0.2, 0.25) is 0 Å². The van der Waals surface area contributed by atoms with Gasteiger partial charge < -0.3 is 14.9 Å². The molecule has 10 heteroatoms. The third-order valence-corrected chi connectivity index (χ3v) is 4.06. The van der Waals surface area contributed by atoms with Gasteiger partial charge in [0.05, 0.1) is 11.8 Å². The lowest BCUT2D eigenvalue weighted by molar-refractivity contribution is -0.137. The topological polar surface area (TPSA) is 131 Å². The molecule has 0 bridgehead atoms. The van der Waals surface area contributed by atoms with Gasteiger partial charge in [-0.05, 0) is 6.92 Å². The summed E-state index contributed by atoms with van der Waals surface area (Å²) in [5.41, 5.74) is -1.25. The maximum absolute atomic E-state index is 12.0. The van der Waals surface area contributed by atoms with Gasteiger partial charge in [0.15, 0.2) is 0 Å². The number of carbonyl (C=O) groups is 1. The molecule has 0 aromatic carbocycles. The van der Waals surface area contributed by atoms with Gasteiger partial charge >= 0.3 is 5.97 Å². The first kappa shape index (κ1) is 17.6. The fraction of sp³-hybridized carbons (Fsp3) is 0.636. The Hall–Kier alpha value is -1.49. The average Bonchev–Trinajstić information content (AvgIpc) is 2.83. The molecule has 120 valence electrons. The zero-order valence-corrected chi connectivity index (χ0v) is 12.6. The van der Waals surface area contributed by atoms with E-state index in [0.29, 0.717) is 6.61 Å². The number of nitrogens with one attached hydrogen (secondary N) is 1. The van der Waals surface area contributed by atoms with Crippen molar-refractivity contribution in [2.75, 3.05) is 20.3 Å². The Kier molecular flexibility index (Phi) is 5.84. The first-order valence-electron chi connectivity index (χ1n) is 6.11. The van der Waals surface area contributed by atoms with Crippen LogP contribution >= 0.6 is 0 Å². The number of hydrogen-bond donors (Lipinski definition) is 3. The summed E-state index contributed by atoms with van der Waals surface area (Å²) in [6.07, 6.45) is 2.43. The summed E-state index contributed by atoms with van der Waals surface area (Å²) in [6, 6.07) is 0. The minimum absolute atomic E-state index is 0.161. The third-order valence-electron chi connectivity index (χ3n) is 2.70. The second-order valence-corrected chi connectivity index (χ2v) is 6.60. The van der Waals surface area contributed by atoms with Crippen LogP contribution in [0.3, 0.4) is 0 Å². The Morgan fingerprint density at radius 2 is 2.24 bits per heavy atom. The van der Waals surface area contributed by atoms with E-state index in [1.165, 1.54) is 14.0 Å². The SMILES string of the molecule is COCCC(C)(O)CNS(=O)(=O)c1cnn(CC(=O)O)c1. The smallest absolute Gasteiger partial charge is 0.325 e. The summed E-state index contributed by atoms with van der Waals surface area (Å²) in [5, 5.41) is 22.2. The number of methoxy groups -OCH3 is 1. The van der Waals surface area contributed by atoms with E-state index in [1.807, 2.05) is 0 Å². The summed E-state index contributed by atoms with van der Waals surface area (Å²) in [6.45, 7) is 1.16. The third kappa shape index (κ3) is 5.79. The Balaban J connectivity index is 2.69. The molecule has 1 aromatic heterocycles. The molecule has 1 atom stereocenters. The highest BCUT2D eigenvalue weighted by Gasteiger charge is 2.25. The minimum atomic E-state index is -3.86. The van der Waals surface area contributed by atoms with E-state index in [1.54, 1.807) is 0 Å². The Labute approximate surface area is 122 Å². The molecule has 0 saturated heterocycles. The largest absolute Gasteiger partial charge is 0.480 e. The molecule has 0 aliphatic heterocycles. The van der Waals surface area contributed by atoms with Crippen molar-refractivity contribution < 1.29 is 28.2 Å². The predicted molar refractivity (Wildman–Crippen MR) is 72.2 cm³/mol. The van der Waals surface area contributed by atoms with Crippen LogP contribution in [-0.2, 0) is 26.1 Å². The van der Waals surface area contributed by atoms with Crippen LogP contribution in [-0.4, -0.2) is 60.2 Å². The van der Waals surface area contributed by atoms with Crippen molar-refractivity contribution in [1.29, 1.82) is 0 Å². The normalized spacial score (nSPS) is 14.8. The lowest BCUT2D eigenvalue weighted by Crippen LogP contribution is -2.41. The fourth-order valence-corrected chi connectivity index (χ4v) is 2.57. The molecular weight excluding hydrogens is 302 g/mol. The van der Waals surface area contributed by atoms with Gasteiger partial charge in [0, 0.05) is 32.9 Å². The Morgan fingerprint density at radius 3 is 2.81 bits per heavy atom. The summed E-state index contributed by atoms with van der Waals surface area (Å²) >= 11 is 0. The minimum Gasteiger partial charge on any atom is -0.480 e. The maximum Gasteiger partial charge on any atom is 0.325 e. The van der Waals surface area contributed by atoms with Gasteiger partial charge in [-0.3, -0.25) is 9.48 Å². The lowest BCUT2D eigenvalue weighted by Gasteiger charge is -2.22. The van der Waals surface area contributed by atoms with Crippen LogP contribution < -0.4 is 4.72 Å². The first-order chi connectivity index (χ1) is 9.66. The van der Waals surface area contributed by atoms with Crippen LogP contribution in [0.15, 0.2) is 17.3 Å². The Morgan fingerprint density at radius 1 is 1.57 bits per heavy atom. The van der Waals surface area contributed by atoms with Gasteiger partial charge in [-0.2, -0.15) is 5.10 Å². The molecule has 0 radical (unpaired) electrons. The van der Waals surface area contributed by atoms with Crippen molar-refractivity contribution in [2.45, 2.75) is 30.4 Å². The maximum atomic E-state index is 12.0. The highest BCUT2D eigenvalue weighted by molar-refractivity contribution is 7.89. The monoisotopic (exact) mass is 321 g/mol. The van der Waals surface area contributed by atoms with E-state index in [2.05, 4.69) is 9.82 Å². The molecule has 0 spiro atoms. The number of carboxylic acid groups (broad SMARTS) is 1. The van der Waals surface area contributed by atoms with Gasteiger partial charge in [0.2, 0.25) is 10.0 Å². The van der Waals surface area contributed by atoms with Gasteiger partial charge in [-0.25, -0.2) is 13.1 Å². The van der Waals surface area contributed by atoms with Crippen molar-refractivity contribution in [1.82, 2.24) is 14.5 Å². The number of aliphatic carboxylic acids is 1. The number of nitrogens with zero attached hydrogens (tertiary/aromatic N) is 2. The molecule has 1 aromatic rings. The number of aromatic nitrogens is 2. The number of rotatable bonds is 9. The standard InChI is InChI=1S/C11H19N3O6S/c1-11(17,3-4-20-2)8-13-21(18,19)9-5-12-14(6-9)7-10(15)16/h5-6,13,17H,3-4,7-8H2,1-2H3,(H,15,16). The van der Waals surface area contributed by atoms with Crippen molar-refractivity contribution in [3.05, 3.63) is 12.4 Å². The number of ether oxygens (including phenoxy) is 1. The Bertz CT molecular complexity index is 581. The van der Waals surface area contributed by atoms with Gasteiger partial charge in [0.1, 0.15) is 11.4 Å². The molecule has 3 N–H and O–H groups in total. The van der Waals surface area contributed by atoms with Crippen LogP contribution in [0.4, 0.5) is 0 Å². The molecule has 0 aliphatic rings. The van der Waals surface area contributed by atoms with Gasteiger partial charge in [0.25, 0.3) is 0 Å². The molecule has 0 fully saturated rings. The van der Waals surface area contributed by atoms with Gasteiger partial charge in [-0.15, -0.1) is 0 Å². The summed E-state index contributed by atoms with van der Waals surface area (Å²) < 4.78 is 32.1. The number of aliphatic hydroxyl groups is 1. The van der Waals surface area contributed by atoms with E-state index in [4.69, 9.17) is 9.84 Å². The van der Waals surface area contributed by atoms with Crippen LogP contribution in [0.25, 0.3) is 0 Å². The molecule has 0 saturated carbocycles. The van der Waals surface area contributed by atoms with E-state index in [-0.39, 0.29) is 17.9 Å². The summed E-state index contributed by atoms with van der Waals surface area (Å²) in [7, 11) is -2.38. The van der Waals surface area contributed by atoms with Crippen molar-refractivity contribution in [2.24, 2.45) is 0 Å². The van der Waals surface area contributed by atoms with Crippen molar-refractivity contribution >= 4 is 16.0 Å². The molecule has 1 heterocycles. The van der Waals surface area contributed by atoms with E-state index >= 15 is 0 Å². The molecular formula is C11H19N3O6S. The molecule has 9 nitrogen and oxygen atoms in total. The van der Waals surface area contributed by atoms with E-state index in [9.17, 15) is 18.3 Å². The number of hydrogen-bond acceptors (Lipinski definition) is 6. The predicted octanol–water partition coefficient (Wildman–Crippen LogP) is -0.966. The van der Waals surface area contributed by atoms with E-state index < -0.39 is 28.1 Å².